The van der Waals surface area contributed by atoms with Crippen LogP contribution >= 0.6 is 0 Å². The lowest BCUT2D eigenvalue weighted by Gasteiger charge is -2.14. The van der Waals surface area contributed by atoms with Crippen molar-refractivity contribution < 1.29 is 9.47 Å². The van der Waals surface area contributed by atoms with Gasteiger partial charge in [-0.1, -0.05) is 12.1 Å². The van der Waals surface area contributed by atoms with Crippen molar-refractivity contribution in [3.8, 4) is 0 Å². The molecule has 1 aliphatic rings. The summed E-state index contributed by atoms with van der Waals surface area (Å²) in [6, 6.07) is 8.69. The Balaban J connectivity index is 1.62. The van der Waals surface area contributed by atoms with Crippen LogP contribution in [-0.2, 0) is 15.9 Å². The number of guanidine groups is 1. The van der Waals surface area contributed by atoms with Gasteiger partial charge in [0.2, 0.25) is 0 Å². The molecule has 0 bridgehead atoms. The first kappa shape index (κ1) is 21.5. The molecule has 1 atom stereocenters. The van der Waals surface area contributed by atoms with Gasteiger partial charge in [0.15, 0.2) is 5.96 Å². The third kappa shape index (κ3) is 8.63. The van der Waals surface area contributed by atoms with Crippen molar-refractivity contribution in [3.63, 3.8) is 0 Å². The molecule has 1 unspecified atom stereocenters. The Bertz CT molecular complexity index is 540. The van der Waals surface area contributed by atoms with Gasteiger partial charge in [0, 0.05) is 52.6 Å². The van der Waals surface area contributed by atoms with Gasteiger partial charge in [0.05, 0.1) is 12.7 Å². The molecule has 0 radical (unpaired) electrons. The predicted octanol–water partition coefficient (Wildman–Crippen LogP) is 2.44. The van der Waals surface area contributed by atoms with Gasteiger partial charge in [0.1, 0.15) is 0 Å². The van der Waals surface area contributed by atoms with E-state index in [1.807, 2.05) is 0 Å². The lowest BCUT2D eigenvalue weighted by atomic mass is 10.1. The summed E-state index contributed by atoms with van der Waals surface area (Å²) in [4.78, 5) is 6.74. The molecule has 27 heavy (non-hydrogen) atoms. The largest absolute Gasteiger partial charge is 0.379 e. The molecule has 0 amide bonds. The number of nitrogens with zero attached hydrogens (tertiary/aromatic N) is 2. The zero-order valence-corrected chi connectivity index (χ0v) is 17.2. The van der Waals surface area contributed by atoms with Crippen LogP contribution in [0.2, 0.25) is 0 Å². The molecular weight excluding hydrogens is 340 g/mol. The molecule has 2 rings (SSSR count). The van der Waals surface area contributed by atoms with E-state index >= 15 is 0 Å². The van der Waals surface area contributed by atoms with E-state index in [0.29, 0.717) is 12.7 Å². The topological polar surface area (TPSA) is 58.1 Å². The van der Waals surface area contributed by atoms with Gasteiger partial charge < -0.3 is 25.0 Å². The first-order valence-corrected chi connectivity index (χ1v) is 10.2. The zero-order chi connectivity index (χ0) is 19.3. The Labute approximate surface area is 164 Å². The highest BCUT2D eigenvalue weighted by Crippen LogP contribution is 2.12. The fourth-order valence-corrected chi connectivity index (χ4v) is 2.98. The normalized spacial score (nSPS) is 17.1. The van der Waals surface area contributed by atoms with Crippen LogP contribution in [0.4, 0.5) is 5.69 Å². The van der Waals surface area contributed by atoms with E-state index in [1.165, 1.54) is 11.3 Å². The van der Waals surface area contributed by atoms with Gasteiger partial charge in [-0.05, 0) is 50.3 Å². The maximum atomic E-state index is 5.69. The summed E-state index contributed by atoms with van der Waals surface area (Å²) in [5.41, 5.74) is 2.55. The highest BCUT2D eigenvalue weighted by molar-refractivity contribution is 5.79. The van der Waals surface area contributed by atoms with Gasteiger partial charge in [0.25, 0.3) is 0 Å². The van der Waals surface area contributed by atoms with Gasteiger partial charge in [-0.2, -0.15) is 0 Å². The highest BCUT2D eigenvalue weighted by atomic mass is 16.5. The second-order valence-corrected chi connectivity index (χ2v) is 7.06. The standard InChI is InChI=1S/C21H36N4O2/c1-4-22-21(23-13-6-15-26-17-20-7-5-16-27-20)24-14-12-18-8-10-19(11-9-18)25(2)3/h8-11,20H,4-7,12-17H2,1-3H3,(H2,22,23,24). The molecule has 1 heterocycles. The fraction of sp³-hybridized carbons (Fsp3) is 0.667. The molecule has 0 aliphatic carbocycles. The third-order valence-electron chi connectivity index (χ3n) is 4.55. The smallest absolute Gasteiger partial charge is 0.191 e. The first-order valence-electron chi connectivity index (χ1n) is 10.2. The van der Waals surface area contributed by atoms with Crippen molar-refractivity contribution >= 4 is 11.6 Å². The summed E-state index contributed by atoms with van der Waals surface area (Å²) < 4.78 is 11.2. The van der Waals surface area contributed by atoms with Crippen molar-refractivity contribution in [2.24, 2.45) is 4.99 Å². The molecule has 6 nitrogen and oxygen atoms in total. The quantitative estimate of drug-likeness (QED) is 0.353. The minimum atomic E-state index is 0.305. The Morgan fingerprint density at radius 3 is 2.74 bits per heavy atom. The second-order valence-electron chi connectivity index (χ2n) is 7.06. The first-order chi connectivity index (χ1) is 13.2. The summed E-state index contributed by atoms with van der Waals surface area (Å²) >= 11 is 0. The van der Waals surface area contributed by atoms with E-state index < -0.39 is 0 Å². The molecule has 0 saturated carbocycles. The summed E-state index contributed by atoms with van der Waals surface area (Å²) in [5, 5.41) is 6.71. The minimum Gasteiger partial charge on any atom is -0.379 e. The van der Waals surface area contributed by atoms with E-state index in [0.717, 1.165) is 64.5 Å². The van der Waals surface area contributed by atoms with Crippen LogP contribution in [0.5, 0.6) is 0 Å². The van der Waals surface area contributed by atoms with Crippen molar-refractivity contribution in [3.05, 3.63) is 29.8 Å². The maximum absolute atomic E-state index is 5.69. The van der Waals surface area contributed by atoms with Crippen LogP contribution in [0.15, 0.2) is 29.3 Å². The molecule has 1 aromatic rings. The molecule has 1 saturated heterocycles. The third-order valence-corrected chi connectivity index (χ3v) is 4.55. The van der Waals surface area contributed by atoms with E-state index in [1.54, 1.807) is 0 Å². The van der Waals surface area contributed by atoms with Gasteiger partial charge in [-0.25, -0.2) is 0 Å². The number of hydrogen-bond acceptors (Lipinski definition) is 4. The lowest BCUT2D eigenvalue weighted by molar-refractivity contribution is 0.0171. The molecule has 6 heteroatoms. The number of aliphatic imine (C=N–C) groups is 1. The summed E-state index contributed by atoms with van der Waals surface area (Å²) in [5.74, 6) is 0.876. The lowest BCUT2D eigenvalue weighted by Crippen LogP contribution is -2.38. The predicted molar refractivity (Wildman–Crippen MR) is 113 cm³/mol. The van der Waals surface area contributed by atoms with E-state index in [-0.39, 0.29) is 0 Å². The highest BCUT2D eigenvalue weighted by Gasteiger charge is 2.14. The zero-order valence-electron chi connectivity index (χ0n) is 17.2. The van der Waals surface area contributed by atoms with Crippen LogP contribution in [0.3, 0.4) is 0 Å². The number of anilines is 1. The molecule has 2 N–H and O–H groups in total. The Morgan fingerprint density at radius 1 is 1.26 bits per heavy atom. The van der Waals surface area contributed by atoms with E-state index in [4.69, 9.17) is 9.47 Å². The summed E-state index contributed by atoms with van der Waals surface area (Å²) in [7, 11) is 4.12. The number of ether oxygens (including phenoxy) is 2. The maximum Gasteiger partial charge on any atom is 0.191 e. The molecule has 1 fully saturated rings. The van der Waals surface area contributed by atoms with Crippen LogP contribution in [0, 0.1) is 0 Å². The number of hydrogen-bond donors (Lipinski definition) is 2. The van der Waals surface area contributed by atoms with Gasteiger partial charge in [-0.15, -0.1) is 0 Å². The fourth-order valence-electron chi connectivity index (χ4n) is 2.98. The van der Waals surface area contributed by atoms with Crippen molar-refractivity contribution in [1.82, 2.24) is 10.6 Å². The minimum absolute atomic E-state index is 0.305. The van der Waals surface area contributed by atoms with Crippen molar-refractivity contribution in [1.29, 1.82) is 0 Å². The number of nitrogens with one attached hydrogen (secondary N) is 2. The summed E-state index contributed by atoms with van der Waals surface area (Å²) in [6.07, 6.45) is 4.50. The van der Waals surface area contributed by atoms with Crippen molar-refractivity contribution in [2.75, 3.05) is 58.5 Å². The monoisotopic (exact) mass is 376 g/mol. The Kier molecular flexibility index (Phi) is 10.0. The van der Waals surface area contributed by atoms with Crippen LogP contribution in [0.25, 0.3) is 0 Å². The van der Waals surface area contributed by atoms with Crippen LogP contribution in [-0.4, -0.2) is 65.6 Å². The molecule has 1 aromatic carbocycles. The van der Waals surface area contributed by atoms with Crippen LogP contribution in [0.1, 0.15) is 31.7 Å². The molecule has 1 aliphatic heterocycles. The van der Waals surface area contributed by atoms with Crippen molar-refractivity contribution in [2.45, 2.75) is 38.7 Å². The van der Waals surface area contributed by atoms with Gasteiger partial charge >= 0.3 is 0 Å². The molecular formula is C21H36N4O2. The van der Waals surface area contributed by atoms with Crippen LogP contribution < -0.4 is 15.5 Å². The average Bonchev–Trinajstić information content (AvgIpc) is 3.18. The second kappa shape index (κ2) is 12.6. The molecule has 0 spiro atoms. The number of benzene rings is 1. The Hall–Kier alpha value is -1.79. The number of rotatable bonds is 11. The molecule has 152 valence electrons. The molecule has 0 aromatic heterocycles. The SMILES string of the molecule is CCNC(=NCCCOCC1CCCO1)NCCc1ccc(N(C)C)cc1. The van der Waals surface area contributed by atoms with Gasteiger partial charge in [-0.3, -0.25) is 4.99 Å². The van der Waals surface area contributed by atoms with E-state index in [9.17, 15) is 0 Å². The average molecular weight is 377 g/mol. The Morgan fingerprint density at radius 2 is 2.07 bits per heavy atom. The summed E-state index contributed by atoms with van der Waals surface area (Å²) in [6.45, 7) is 6.91. The van der Waals surface area contributed by atoms with E-state index in [2.05, 4.69) is 65.8 Å².